The first kappa shape index (κ1) is 23.9. The van der Waals surface area contributed by atoms with Crippen molar-refractivity contribution in [1.82, 2.24) is 15.2 Å². The van der Waals surface area contributed by atoms with Crippen molar-refractivity contribution in [2.75, 3.05) is 0 Å². The maximum absolute atomic E-state index is 12.5. The molecule has 4 rings (SSSR count). The van der Waals surface area contributed by atoms with Gasteiger partial charge in [0.2, 0.25) is 11.8 Å². The van der Waals surface area contributed by atoms with E-state index in [1.54, 1.807) is 29.6 Å². The average Bonchev–Trinajstić information content (AvgIpc) is 3.34. The molecule has 1 aromatic heterocycles. The number of carboxylic acid groups (broad SMARTS) is 1. The minimum absolute atomic E-state index is 0.0926. The van der Waals surface area contributed by atoms with Crippen molar-refractivity contribution < 1.29 is 29.4 Å². The minimum Gasteiger partial charge on any atom is -0.477 e. The third-order valence-corrected chi connectivity index (χ3v) is 8.14. The van der Waals surface area contributed by atoms with Gasteiger partial charge in [-0.1, -0.05) is 30.8 Å². The lowest BCUT2D eigenvalue weighted by Crippen LogP contribution is -2.63. The Labute approximate surface area is 202 Å². The third kappa shape index (κ3) is 4.19. The molecule has 3 amide bonds. The number of carbonyl (C=O) groups is 4. The van der Waals surface area contributed by atoms with Crippen molar-refractivity contribution in [3.63, 3.8) is 0 Å². The van der Waals surface area contributed by atoms with Crippen LogP contribution in [0.15, 0.2) is 44.6 Å². The zero-order chi connectivity index (χ0) is 24.7. The molecule has 4 atom stereocenters. The number of aliphatic hydroxyl groups is 1. The van der Waals surface area contributed by atoms with Crippen LogP contribution in [0.4, 0.5) is 0 Å². The molecule has 1 aromatic carbocycles. The van der Waals surface area contributed by atoms with Crippen molar-refractivity contribution in [3.8, 4) is 0 Å². The molecule has 2 aliphatic rings. The lowest BCUT2D eigenvalue weighted by Gasteiger charge is -2.46. The number of hydrogen-bond acceptors (Lipinski definition) is 8. The molecule has 178 valence electrons. The molecule has 0 unspecified atom stereocenters. The van der Waals surface area contributed by atoms with E-state index in [9.17, 15) is 29.4 Å². The number of fused-ring (bicyclic) bond motifs is 1. The Balaban J connectivity index is 1.45. The number of nitrogens with zero attached hydrogens (tertiary/aromatic N) is 2. The van der Waals surface area contributed by atoms with E-state index in [0.717, 1.165) is 17.3 Å². The fourth-order valence-corrected chi connectivity index (χ4v) is 6.29. The predicted molar refractivity (Wildman–Crippen MR) is 124 cm³/mol. The lowest BCUT2D eigenvalue weighted by molar-refractivity contribution is -0.163. The molecule has 12 heteroatoms. The molecule has 0 spiro atoms. The van der Waals surface area contributed by atoms with Crippen LogP contribution in [0.1, 0.15) is 40.3 Å². The monoisotopic (exact) mass is 502 g/mol. The number of carboxylic acids is 1. The Morgan fingerprint density at radius 1 is 1.29 bits per heavy atom. The molecule has 0 bridgehead atoms. The van der Waals surface area contributed by atoms with E-state index in [2.05, 4.69) is 10.3 Å². The molecule has 3 heterocycles. The van der Waals surface area contributed by atoms with Crippen LogP contribution in [0.3, 0.4) is 0 Å². The number of thiazole rings is 1. The molecule has 2 aromatic rings. The van der Waals surface area contributed by atoms with E-state index in [1.807, 2.05) is 6.92 Å². The van der Waals surface area contributed by atoms with Crippen molar-refractivity contribution >= 4 is 46.8 Å². The maximum atomic E-state index is 12.5. The second-order valence-electron chi connectivity index (χ2n) is 8.12. The van der Waals surface area contributed by atoms with Gasteiger partial charge < -0.3 is 26.2 Å². The van der Waals surface area contributed by atoms with Gasteiger partial charge in [-0.05, 0) is 24.6 Å². The van der Waals surface area contributed by atoms with Crippen LogP contribution in [0, 0.1) is 11.8 Å². The summed E-state index contributed by atoms with van der Waals surface area (Å²) >= 11 is 2.32. The Morgan fingerprint density at radius 2 is 1.97 bits per heavy atom. The second-order valence-corrected chi connectivity index (χ2v) is 10.3. The molecule has 0 saturated carbocycles. The number of nitrogens with two attached hydrogens (primary N) is 1. The summed E-state index contributed by atoms with van der Waals surface area (Å²) in [6.07, 6.45) is -0.877. The molecule has 2 aliphatic heterocycles. The van der Waals surface area contributed by atoms with Gasteiger partial charge in [-0.3, -0.25) is 14.4 Å². The number of hydrogen-bond donors (Lipinski definition) is 4. The summed E-state index contributed by atoms with van der Waals surface area (Å²) in [6, 6.07) is 6.12. The van der Waals surface area contributed by atoms with E-state index in [1.165, 1.54) is 23.2 Å². The van der Waals surface area contributed by atoms with E-state index >= 15 is 0 Å². The van der Waals surface area contributed by atoms with Crippen molar-refractivity contribution in [2.24, 2.45) is 17.6 Å². The first-order valence-electron chi connectivity index (χ1n) is 10.4. The number of aliphatic carboxylic acids is 1. The number of nitrogens with one attached hydrogen (secondary N) is 1. The Kier molecular flexibility index (Phi) is 6.47. The van der Waals surface area contributed by atoms with Crippen LogP contribution >= 0.6 is 23.1 Å². The second kappa shape index (κ2) is 9.20. The number of rotatable bonds is 8. The SMILES string of the molecule is C[C@@H](O)[C@H]1C(=O)N2C(C(=O)O)=C(Sc3nc(C(=O)NCc4ccc(C(N)=O)cc4)cs3)[C@H](C)[C@H]12. The number of benzene rings is 1. The summed E-state index contributed by atoms with van der Waals surface area (Å²) in [5.41, 5.74) is 6.46. The molecule has 34 heavy (non-hydrogen) atoms. The largest absolute Gasteiger partial charge is 0.477 e. The average molecular weight is 503 g/mol. The Bertz CT molecular complexity index is 1210. The highest BCUT2D eigenvalue weighted by Crippen LogP contribution is 2.52. The molecule has 10 nitrogen and oxygen atoms in total. The number of carbonyl (C=O) groups excluding carboxylic acids is 3. The van der Waals surface area contributed by atoms with Crippen LogP contribution in [0.5, 0.6) is 0 Å². The van der Waals surface area contributed by atoms with E-state index < -0.39 is 41.8 Å². The van der Waals surface area contributed by atoms with Gasteiger partial charge in [0.15, 0.2) is 4.34 Å². The van der Waals surface area contributed by atoms with Crippen LogP contribution in [-0.2, 0) is 16.1 Å². The fourth-order valence-electron chi connectivity index (χ4n) is 4.22. The third-order valence-electron chi connectivity index (χ3n) is 5.92. The van der Waals surface area contributed by atoms with Gasteiger partial charge in [0.05, 0.1) is 18.1 Å². The normalized spacial score (nSPS) is 22.3. The van der Waals surface area contributed by atoms with Crippen molar-refractivity contribution in [2.45, 2.75) is 36.9 Å². The number of primary amides is 1. The van der Waals surface area contributed by atoms with Gasteiger partial charge in [0.25, 0.3) is 5.91 Å². The molecular formula is C22H22N4O6S2. The predicted octanol–water partition coefficient (Wildman–Crippen LogP) is 1.42. The highest BCUT2D eigenvalue weighted by Gasteiger charge is 2.60. The number of thioether (sulfide) groups is 1. The quantitative estimate of drug-likeness (QED) is 0.394. The zero-order valence-electron chi connectivity index (χ0n) is 18.2. The number of aromatic nitrogens is 1. The first-order chi connectivity index (χ1) is 16.1. The van der Waals surface area contributed by atoms with Crippen LogP contribution < -0.4 is 11.1 Å². The Hall–Kier alpha value is -3.22. The smallest absolute Gasteiger partial charge is 0.353 e. The summed E-state index contributed by atoms with van der Waals surface area (Å²) < 4.78 is 0.472. The first-order valence-corrected chi connectivity index (χ1v) is 12.1. The number of amides is 3. The van der Waals surface area contributed by atoms with Crippen LogP contribution in [0.2, 0.25) is 0 Å². The summed E-state index contributed by atoms with van der Waals surface area (Å²) in [4.78, 5) is 54.1. The fraction of sp³-hybridized carbons (Fsp3) is 0.318. The van der Waals surface area contributed by atoms with Gasteiger partial charge in [-0.2, -0.15) is 0 Å². The summed E-state index contributed by atoms with van der Waals surface area (Å²) in [7, 11) is 0. The van der Waals surface area contributed by atoms with E-state index in [4.69, 9.17) is 5.73 Å². The van der Waals surface area contributed by atoms with Crippen LogP contribution in [0.25, 0.3) is 0 Å². The molecule has 0 aliphatic carbocycles. The summed E-state index contributed by atoms with van der Waals surface area (Å²) in [5, 5.41) is 24.0. The molecular weight excluding hydrogens is 480 g/mol. The zero-order valence-corrected chi connectivity index (χ0v) is 19.9. The highest BCUT2D eigenvalue weighted by atomic mass is 32.2. The number of β-lactam (4-membered cyclic amide) rings is 1. The maximum Gasteiger partial charge on any atom is 0.353 e. The standard InChI is InChI=1S/C22H22N4O6S2/c1-9-15-14(10(2)27)20(30)26(15)16(21(31)32)17(9)34-22-25-13(8-33-22)19(29)24-7-11-3-5-12(6-4-11)18(23)28/h3-6,8-10,14-15,27H,7H2,1-2H3,(H2,23,28)(H,24,29)(H,31,32)/t9-,10-,14-,15-/m1/s1. The van der Waals surface area contributed by atoms with Gasteiger partial charge in [-0.15, -0.1) is 11.3 Å². The molecule has 0 radical (unpaired) electrons. The van der Waals surface area contributed by atoms with E-state index in [0.29, 0.717) is 14.8 Å². The molecule has 1 fully saturated rings. The topological polar surface area (TPSA) is 163 Å². The van der Waals surface area contributed by atoms with Crippen molar-refractivity contribution in [1.29, 1.82) is 0 Å². The van der Waals surface area contributed by atoms with E-state index in [-0.39, 0.29) is 23.9 Å². The van der Waals surface area contributed by atoms with Crippen molar-refractivity contribution in [3.05, 3.63) is 57.1 Å². The van der Waals surface area contributed by atoms with Crippen LogP contribution in [-0.4, -0.2) is 55.9 Å². The highest BCUT2D eigenvalue weighted by molar-refractivity contribution is 8.04. The molecule has 5 N–H and O–H groups in total. The van der Waals surface area contributed by atoms with Gasteiger partial charge in [0, 0.05) is 28.3 Å². The van der Waals surface area contributed by atoms with Gasteiger partial charge >= 0.3 is 5.97 Å². The number of aliphatic hydroxyl groups excluding tert-OH is 1. The Morgan fingerprint density at radius 3 is 2.56 bits per heavy atom. The van der Waals surface area contributed by atoms with Gasteiger partial charge in [0.1, 0.15) is 11.4 Å². The molecule has 1 saturated heterocycles. The van der Waals surface area contributed by atoms with Gasteiger partial charge in [-0.25, -0.2) is 9.78 Å². The summed E-state index contributed by atoms with van der Waals surface area (Å²) in [5.74, 6) is -3.48. The summed E-state index contributed by atoms with van der Waals surface area (Å²) in [6.45, 7) is 3.57. The minimum atomic E-state index is -1.22. The lowest BCUT2D eigenvalue weighted by atomic mass is 9.79.